The first-order valence-electron chi connectivity index (χ1n) is 8.03. The van der Waals surface area contributed by atoms with E-state index >= 15 is 0 Å². The van der Waals surface area contributed by atoms with Gasteiger partial charge in [-0.2, -0.15) is 0 Å². The van der Waals surface area contributed by atoms with Crippen LogP contribution in [-0.4, -0.2) is 5.78 Å². The van der Waals surface area contributed by atoms with Crippen LogP contribution in [0.15, 0.2) is 30.3 Å². The lowest BCUT2D eigenvalue weighted by Gasteiger charge is -2.46. The molecular formula is C19H28O. The quantitative estimate of drug-likeness (QED) is 0.737. The van der Waals surface area contributed by atoms with Gasteiger partial charge in [0.1, 0.15) is 5.78 Å². The van der Waals surface area contributed by atoms with Crippen molar-refractivity contribution in [3.8, 4) is 0 Å². The van der Waals surface area contributed by atoms with Gasteiger partial charge in [0.05, 0.1) is 0 Å². The van der Waals surface area contributed by atoms with E-state index in [1.807, 2.05) is 6.07 Å². The molecule has 0 radical (unpaired) electrons. The molecule has 110 valence electrons. The Morgan fingerprint density at radius 1 is 1.05 bits per heavy atom. The van der Waals surface area contributed by atoms with Gasteiger partial charge in [0.15, 0.2) is 0 Å². The van der Waals surface area contributed by atoms with Crippen molar-refractivity contribution in [1.29, 1.82) is 0 Å². The second-order valence-corrected chi connectivity index (χ2v) is 7.30. The second-order valence-electron chi connectivity index (χ2n) is 7.30. The van der Waals surface area contributed by atoms with E-state index in [9.17, 15) is 4.79 Å². The van der Waals surface area contributed by atoms with E-state index in [-0.39, 0.29) is 10.8 Å². The molecule has 2 rings (SSSR count). The van der Waals surface area contributed by atoms with Crippen molar-refractivity contribution < 1.29 is 4.79 Å². The summed E-state index contributed by atoms with van der Waals surface area (Å²) in [6, 6.07) is 10.4. The summed E-state index contributed by atoms with van der Waals surface area (Å²) in [5, 5.41) is 0. The molecule has 0 bridgehead atoms. The first-order valence-corrected chi connectivity index (χ1v) is 8.03. The highest BCUT2D eigenvalue weighted by molar-refractivity contribution is 5.86. The molecular weight excluding hydrogens is 244 g/mol. The molecule has 1 heteroatoms. The fraction of sp³-hybridized carbons (Fsp3) is 0.632. The average molecular weight is 272 g/mol. The van der Waals surface area contributed by atoms with E-state index in [0.29, 0.717) is 12.2 Å². The Hall–Kier alpha value is -1.11. The summed E-state index contributed by atoms with van der Waals surface area (Å²) in [6.07, 6.45) is 7.49. The van der Waals surface area contributed by atoms with Gasteiger partial charge in [0, 0.05) is 11.8 Å². The van der Waals surface area contributed by atoms with Crippen LogP contribution >= 0.6 is 0 Å². The highest BCUT2D eigenvalue weighted by atomic mass is 16.1. The normalized spacial score (nSPS) is 18.8. The molecule has 1 fully saturated rings. The van der Waals surface area contributed by atoms with Crippen molar-refractivity contribution in [3.05, 3.63) is 35.9 Å². The van der Waals surface area contributed by atoms with Gasteiger partial charge in [0.25, 0.3) is 0 Å². The molecule has 0 amide bonds. The minimum absolute atomic E-state index is 0.0833. The zero-order chi connectivity index (χ0) is 14.6. The molecule has 1 saturated carbocycles. The van der Waals surface area contributed by atoms with E-state index in [1.54, 1.807) is 0 Å². The molecule has 1 aromatic rings. The summed E-state index contributed by atoms with van der Waals surface area (Å²) in [5.74, 6) is 0.494. The average Bonchev–Trinajstić information content (AvgIpc) is 2.45. The molecule has 0 N–H and O–H groups in total. The van der Waals surface area contributed by atoms with Gasteiger partial charge in [-0.1, -0.05) is 70.4 Å². The van der Waals surface area contributed by atoms with Crippen molar-refractivity contribution in [1.82, 2.24) is 0 Å². The highest BCUT2D eigenvalue weighted by Crippen LogP contribution is 2.50. The van der Waals surface area contributed by atoms with E-state index in [1.165, 1.54) is 24.8 Å². The maximum atomic E-state index is 12.9. The minimum atomic E-state index is -0.0833. The van der Waals surface area contributed by atoms with Crippen LogP contribution in [0, 0.1) is 10.8 Å². The summed E-state index contributed by atoms with van der Waals surface area (Å²) >= 11 is 0. The largest absolute Gasteiger partial charge is 0.299 e. The van der Waals surface area contributed by atoms with Crippen LogP contribution in [0.2, 0.25) is 0 Å². The third-order valence-corrected chi connectivity index (χ3v) is 5.16. The number of carbonyl (C=O) groups is 1. The molecule has 0 saturated heterocycles. The number of ketones is 1. The molecule has 0 atom stereocenters. The number of rotatable bonds is 4. The van der Waals surface area contributed by atoms with Crippen LogP contribution in [0.25, 0.3) is 0 Å². The molecule has 0 aromatic heterocycles. The van der Waals surface area contributed by atoms with Crippen molar-refractivity contribution in [2.24, 2.45) is 10.8 Å². The van der Waals surface area contributed by atoms with Gasteiger partial charge in [-0.25, -0.2) is 0 Å². The van der Waals surface area contributed by atoms with Gasteiger partial charge in [-0.05, 0) is 30.2 Å². The van der Waals surface area contributed by atoms with Crippen molar-refractivity contribution >= 4 is 5.78 Å². The topological polar surface area (TPSA) is 17.1 Å². The van der Waals surface area contributed by atoms with Gasteiger partial charge >= 0.3 is 0 Å². The number of hydrogen-bond acceptors (Lipinski definition) is 1. The van der Waals surface area contributed by atoms with Crippen LogP contribution in [-0.2, 0) is 11.2 Å². The number of hydrogen-bond donors (Lipinski definition) is 0. The summed E-state index contributed by atoms with van der Waals surface area (Å²) < 4.78 is 0. The summed E-state index contributed by atoms with van der Waals surface area (Å²) in [4.78, 5) is 12.9. The lowest BCUT2D eigenvalue weighted by molar-refractivity contribution is -0.138. The second kappa shape index (κ2) is 6.11. The van der Waals surface area contributed by atoms with E-state index in [0.717, 1.165) is 19.3 Å². The molecule has 0 spiro atoms. The highest BCUT2D eigenvalue weighted by Gasteiger charge is 2.47. The van der Waals surface area contributed by atoms with E-state index in [4.69, 9.17) is 0 Å². The summed E-state index contributed by atoms with van der Waals surface area (Å²) in [7, 11) is 0. The predicted octanol–water partition coefficient (Wildman–Crippen LogP) is 5.18. The Morgan fingerprint density at radius 2 is 1.65 bits per heavy atom. The first kappa shape index (κ1) is 15.3. The van der Waals surface area contributed by atoms with Crippen LogP contribution in [0.5, 0.6) is 0 Å². The van der Waals surface area contributed by atoms with Crippen LogP contribution in [0.4, 0.5) is 0 Å². The fourth-order valence-electron chi connectivity index (χ4n) is 3.74. The van der Waals surface area contributed by atoms with Gasteiger partial charge in [0.2, 0.25) is 0 Å². The third kappa shape index (κ3) is 3.13. The number of Topliss-reactive ketones (excluding diaryl/α,β-unsaturated/α-hetero) is 1. The van der Waals surface area contributed by atoms with Crippen molar-refractivity contribution in [3.63, 3.8) is 0 Å². The lowest BCUT2D eigenvalue weighted by Crippen LogP contribution is -2.44. The lowest BCUT2D eigenvalue weighted by atomic mass is 9.56. The summed E-state index contributed by atoms with van der Waals surface area (Å²) in [6.45, 7) is 6.75. The zero-order valence-electron chi connectivity index (χ0n) is 13.2. The van der Waals surface area contributed by atoms with Crippen molar-refractivity contribution in [2.45, 2.75) is 65.7 Å². The van der Waals surface area contributed by atoms with Gasteiger partial charge in [-0.3, -0.25) is 4.79 Å². The molecule has 0 heterocycles. The Morgan fingerprint density at radius 3 is 2.20 bits per heavy atom. The van der Waals surface area contributed by atoms with Crippen LogP contribution in [0.1, 0.15) is 64.9 Å². The zero-order valence-corrected chi connectivity index (χ0v) is 13.2. The number of carbonyl (C=O) groups excluding carboxylic acids is 1. The van der Waals surface area contributed by atoms with Gasteiger partial charge < -0.3 is 0 Å². The standard InChI is InChI=1S/C19H28O/c1-18(2,3)19(14-8-5-9-15-19)17(20)13-12-16-10-6-4-7-11-16/h4,6-7,10-11H,5,8-9,12-15H2,1-3H3. The monoisotopic (exact) mass is 272 g/mol. The molecule has 1 aliphatic carbocycles. The SMILES string of the molecule is CC(C)(C)C1(C(=O)CCc2ccccc2)CCCCC1. The Balaban J connectivity index is 2.08. The maximum absolute atomic E-state index is 12.9. The van der Waals surface area contributed by atoms with Gasteiger partial charge in [-0.15, -0.1) is 0 Å². The molecule has 0 aliphatic heterocycles. The third-order valence-electron chi connectivity index (χ3n) is 5.16. The Bertz CT molecular complexity index is 433. The summed E-state index contributed by atoms with van der Waals surface area (Å²) in [5.41, 5.74) is 1.28. The predicted molar refractivity (Wildman–Crippen MR) is 84.7 cm³/mol. The van der Waals surface area contributed by atoms with E-state index in [2.05, 4.69) is 45.0 Å². The molecule has 1 aromatic carbocycles. The maximum Gasteiger partial charge on any atom is 0.139 e. The first-order chi connectivity index (χ1) is 9.46. The number of aryl methyl sites for hydroxylation is 1. The molecule has 0 unspecified atom stereocenters. The Kier molecular flexibility index (Phi) is 4.67. The van der Waals surface area contributed by atoms with E-state index < -0.39 is 0 Å². The van der Waals surface area contributed by atoms with Crippen molar-refractivity contribution in [2.75, 3.05) is 0 Å². The Labute approximate surface area is 123 Å². The van der Waals surface area contributed by atoms with Crippen LogP contribution < -0.4 is 0 Å². The molecule has 1 aliphatic rings. The minimum Gasteiger partial charge on any atom is -0.299 e. The smallest absolute Gasteiger partial charge is 0.139 e. The van der Waals surface area contributed by atoms with Crippen LogP contribution in [0.3, 0.4) is 0 Å². The molecule has 1 nitrogen and oxygen atoms in total. The number of benzene rings is 1. The molecule has 20 heavy (non-hydrogen) atoms. The fourth-order valence-corrected chi connectivity index (χ4v) is 3.74.